The summed E-state index contributed by atoms with van der Waals surface area (Å²) in [6.45, 7) is 4.63. The number of fused-ring (bicyclic) bond motifs is 3. The Bertz CT molecular complexity index is 923. The molecule has 4 heteroatoms. The van der Waals surface area contributed by atoms with Crippen molar-refractivity contribution >= 4 is 27.4 Å². The summed E-state index contributed by atoms with van der Waals surface area (Å²) in [6.07, 6.45) is 7.07. The van der Waals surface area contributed by atoms with Crippen LogP contribution in [0.3, 0.4) is 0 Å². The lowest BCUT2D eigenvalue weighted by molar-refractivity contribution is 0.437. The Balaban J connectivity index is 1.60. The van der Waals surface area contributed by atoms with Gasteiger partial charge in [-0.2, -0.15) is 0 Å². The van der Waals surface area contributed by atoms with Crippen molar-refractivity contribution in [2.45, 2.75) is 45.4 Å². The van der Waals surface area contributed by atoms with E-state index in [0.29, 0.717) is 0 Å². The second kappa shape index (κ2) is 6.66. The standard InChI is InChI=1S/C22H25N3S/c1-15-10-12-25(13-11-15)21-20-17-8-5-9-18(17)26-22(20)24-19(23-21)14-16-6-3-2-4-7-16/h2-4,6-7,15H,5,8-14H2,1H3. The fourth-order valence-electron chi connectivity index (χ4n) is 4.33. The molecule has 1 aliphatic heterocycles. The van der Waals surface area contributed by atoms with Gasteiger partial charge in [0.25, 0.3) is 0 Å². The second-order valence-corrected chi connectivity index (χ2v) is 8.92. The van der Waals surface area contributed by atoms with Crippen molar-refractivity contribution < 1.29 is 0 Å². The van der Waals surface area contributed by atoms with Gasteiger partial charge in [0.1, 0.15) is 16.5 Å². The number of anilines is 1. The van der Waals surface area contributed by atoms with Crippen LogP contribution in [0.25, 0.3) is 10.2 Å². The normalized spacial score (nSPS) is 17.8. The zero-order chi connectivity index (χ0) is 17.5. The largest absolute Gasteiger partial charge is 0.356 e. The van der Waals surface area contributed by atoms with Gasteiger partial charge in [-0.3, -0.25) is 0 Å². The van der Waals surface area contributed by atoms with Crippen LogP contribution < -0.4 is 4.90 Å². The molecule has 26 heavy (non-hydrogen) atoms. The predicted molar refractivity (Wildman–Crippen MR) is 109 cm³/mol. The zero-order valence-corrected chi connectivity index (χ0v) is 16.2. The molecular weight excluding hydrogens is 338 g/mol. The molecule has 1 aliphatic carbocycles. The highest BCUT2D eigenvalue weighted by molar-refractivity contribution is 7.19. The third-order valence-electron chi connectivity index (χ3n) is 5.88. The van der Waals surface area contributed by atoms with Gasteiger partial charge < -0.3 is 4.90 Å². The van der Waals surface area contributed by atoms with Crippen LogP contribution in [0.15, 0.2) is 30.3 Å². The molecule has 0 atom stereocenters. The van der Waals surface area contributed by atoms with E-state index in [-0.39, 0.29) is 0 Å². The number of rotatable bonds is 3. The molecule has 0 radical (unpaired) electrons. The number of piperidine rings is 1. The van der Waals surface area contributed by atoms with Crippen LogP contribution in [0.1, 0.15) is 48.0 Å². The third kappa shape index (κ3) is 2.90. The van der Waals surface area contributed by atoms with Crippen molar-refractivity contribution in [2.24, 2.45) is 5.92 Å². The molecule has 0 bridgehead atoms. The molecule has 3 aromatic rings. The molecule has 1 aromatic carbocycles. The van der Waals surface area contributed by atoms with Crippen LogP contribution in [0.2, 0.25) is 0 Å². The summed E-state index contributed by atoms with van der Waals surface area (Å²) in [5, 5.41) is 1.37. The highest BCUT2D eigenvalue weighted by Crippen LogP contribution is 2.41. The molecule has 134 valence electrons. The van der Waals surface area contributed by atoms with E-state index in [4.69, 9.17) is 9.97 Å². The number of hydrogen-bond acceptors (Lipinski definition) is 4. The van der Waals surface area contributed by atoms with Crippen molar-refractivity contribution in [3.05, 3.63) is 52.2 Å². The summed E-state index contributed by atoms with van der Waals surface area (Å²) in [5.74, 6) is 3.02. The molecule has 1 fully saturated rings. The quantitative estimate of drug-likeness (QED) is 0.655. The first kappa shape index (κ1) is 16.2. The summed E-state index contributed by atoms with van der Waals surface area (Å²) in [6, 6.07) is 10.6. The van der Waals surface area contributed by atoms with Crippen molar-refractivity contribution in [1.82, 2.24) is 9.97 Å². The van der Waals surface area contributed by atoms with Gasteiger partial charge in [-0.1, -0.05) is 37.3 Å². The first-order valence-electron chi connectivity index (χ1n) is 9.88. The van der Waals surface area contributed by atoms with Crippen LogP contribution in [0.5, 0.6) is 0 Å². The van der Waals surface area contributed by atoms with E-state index in [0.717, 1.165) is 31.3 Å². The van der Waals surface area contributed by atoms with E-state index in [1.165, 1.54) is 53.7 Å². The Kier molecular flexibility index (Phi) is 4.16. The van der Waals surface area contributed by atoms with Crippen LogP contribution in [0.4, 0.5) is 5.82 Å². The number of nitrogens with zero attached hydrogens (tertiary/aromatic N) is 3. The molecule has 0 saturated carbocycles. The van der Waals surface area contributed by atoms with E-state index < -0.39 is 0 Å². The lowest BCUT2D eigenvalue weighted by Crippen LogP contribution is -2.33. The first-order chi connectivity index (χ1) is 12.8. The topological polar surface area (TPSA) is 29.0 Å². The molecule has 0 N–H and O–H groups in total. The van der Waals surface area contributed by atoms with Crippen LogP contribution >= 0.6 is 11.3 Å². The average molecular weight is 364 g/mol. The van der Waals surface area contributed by atoms with Gasteiger partial charge in [0.05, 0.1) is 5.39 Å². The summed E-state index contributed by atoms with van der Waals surface area (Å²) in [4.78, 5) is 15.4. The number of aryl methyl sites for hydroxylation is 2. The molecule has 3 heterocycles. The predicted octanol–water partition coefficient (Wildman–Crippen LogP) is 5.01. The van der Waals surface area contributed by atoms with Gasteiger partial charge >= 0.3 is 0 Å². The lowest BCUT2D eigenvalue weighted by Gasteiger charge is -2.32. The molecule has 1 saturated heterocycles. The van der Waals surface area contributed by atoms with Crippen molar-refractivity contribution in [1.29, 1.82) is 0 Å². The monoisotopic (exact) mass is 363 g/mol. The Hall–Kier alpha value is -1.94. The molecule has 0 spiro atoms. The van der Waals surface area contributed by atoms with Crippen LogP contribution in [0, 0.1) is 5.92 Å². The maximum Gasteiger partial charge on any atom is 0.141 e. The highest BCUT2D eigenvalue weighted by Gasteiger charge is 2.26. The maximum atomic E-state index is 5.12. The number of aromatic nitrogens is 2. The SMILES string of the molecule is CC1CCN(c2nc(Cc3ccccc3)nc3sc4c(c23)CCC4)CC1. The Morgan fingerprint density at radius 1 is 1.08 bits per heavy atom. The number of hydrogen-bond donors (Lipinski definition) is 0. The number of thiophene rings is 1. The second-order valence-electron chi connectivity index (χ2n) is 7.83. The van der Waals surface area contributed by atoms with Gasteiger partial charge in [0.15, 0.2) is 0 Å². The van der Waals surface area contributed by atoms with E-state index in [9.17, 15) is 0 Å². The lowest BCUT2D eigenvalue weighted by atomic mass is 9.99. The Labute approximate surface area is 159 Å². The minimum Gasteiger partial charge on any atom is -0.356 e. The maximum absolute atomic E-state index is 5.12. The van der Waals surface area contributed by atoms with E-state index >= 15 is 0 Å². The van der Waals surface area contributed by atoms with Crippen molar-refractivity contribution in [3.8, 4) is 0 Å². The van der Waals surface area contributed by atoms with Gasteiger partial charge in [-0.15, -0.1) is 11.3 Å². The summed E-state index contributed by atoms with van der Waals surface area (Å²) in [5.41, 5.74) is 2.83. The van der Waals surface area contributed by atoms with E-state index in [2.05, 4.69) is 42.2 Å². The van der Waals surface area contributed by atoms with E-state index in [1.807, 2.05) is 11.3 Å². The van der Waals surface area contributed by atoms with Crippen molar-refractivity contribution in [3.63, 3.8) is 0 Å². The fourth-order valence-corrected chi connectivity index (χ4v) is 5.60. The zero-order valence-electron chi connectivity index (χ0n) is 15.4. The van der Waals surface area contributed by atoms with Gasteiger partial charge in [-0.25, -0.2) is 9.97 Å². The first-order valence-corrected chi connectivity index (χ1v) is 10.7. The van der Waals surface area contributed by atoms with Crippen LogP contribution in [-0.2, 0) is 19.3 Å². The third-order valence-corrected chi connectivity index (χ3v) is 7.07. The molecule has 0 unspecified atom stereocenters. The van der Waals surface area contributed by atoms with Gasteiger partial charge in [0, 0.05) is 24.4 Å². The Morgan fingerprint density at radius 2 is 1.88 bits per heavy atom. The smallest absolute Gasteiger partial charge is 0.141 e. The molecule has 5 rings (SSSR count). The minimum atomic E-state index is 0.816. The van der Waals surface area contributed by atoms with Gasteiger partial charge in [-0.05, 0) is 49.1 Å². The Morgan fingerprint density at radius 3 is 2.69 bits per heavy atom. The highest BCUT2D eigenvalue weighted by atomic mass is 32.1. The fraction of sp³-hybridized carbons (Fsp3) is 0.455. The van der Waals surface area contributed by atoms with Gasteiger partial charge in [0.2, 0.25) is 0 Å². The van der Waals surface area contributed by atoms with Crippen LogP contribution in [-0.4, -0.2) is 23.1 Å². The molecule has 2 aromatic heterocycles. The van der Waals surface area contributed by atoms with E-state index in [1.54, 1.807) is 10.4 Å². The number of benzene rings is 1. The minimum absolute atomic E-state index is 0.816. The van der Waals surface area contributed by atoms with Crippen molar-refractivity contribution in [2.75, 3.05) is 18.0 Å². The molecule has 2 aliphatic rings. The molecule has 3 nitrogen and oxygen atoms in total. The average Bonchev–Trinajstić information content (AvgIpc) is 3.23. The summed E-state index contributed by atoms with van der Waals surface area (Å²) >= 11 is 1.91. The molecular formula is C22H25N3S. The summed E-state index contributed by atoms with van der Waals surface area (Å²) < 4.78 is 0. The molecule has 0 amide bonds. The summed E-state index contributed by atoms with van der Waals surface area (Å²) in [7, 11) is 0.